The molecule has 0 radical (unpaired) electrons. The van der Waals surface area contributed by atoms with E-state index in [0.717, 1.165) is 29.2 Å². The molecule has 11 heteroatoms. The standard InChI is InChI=1S/C24H35N7O3S/c1-24(2,3)16-29-9-8-17-15-27-23(26)31(21(17)22(29)25)19-7-6-18(14-20(19)34-4)28-10-12-30(13-11-28)35(5,32)33/h6-9,14-15H,10-13,16,25H2,1-5H3,(H2,26,27). The quantitative estimate of drug-likeness (QED) is 0.627. The molecule has 0 aromatic heterocycles. The van der Waals surface area contributed by atoms with Crippen molar-refractivity contribution < 1.29 is 13.2 Å². The number of nitrogens with zero attached hydrogens (tertiary/aromatic N) is 5. The molecule has 0 saturated carbocycles. The van der Waals surface area contributed by atoms with Crippen molar-refractivity contribution in [2.24, 2.45) is 21.9 Å². The Kier molecular flexibility index (Phi) is 6.50. The predicted molar refractivity (Wildman–Crippen MR) is 140 cm³/mol. The molecule has 4 rings (SSSR count). The second-order valence-corrected chi connectivity index (χ2v) is 12.1. The average Bonchev–Trinajstić information content (AvgIpc) is 2.79. The lowest BCUT2D eigenvalue weighted by Crippen LogP contribution is -2.48. The van der Waals surface area contributed by atoms with Crippen molar-refractivity contribution in [2.45, 2.75) is 20.8 Å². The minimum Gasteiger partial charge on any atom is -0.494 e. The van der Waals surface area contributed by atoms with Gasteiger partial charge < -0.3 is 26.0 Å². The van der Waals surface area contributed by atoms with E-state index in [1.54, 1.807) is 13.3 Å². The molecule has 0 spiro atoms. The first-order valence-electron chi connectivity index (χ1n) is 11.6. The van der Waals surface area contributed by atoms with Crippen LogP contribution in [0.5, 0.6) is 5.75 Å². The van der Waals surface area contributed by atoms with Crippen molar-refractivity contribution in [3.8, 4) is 5.75 Å². The molecular formula is C24H35N7O3S. The summed E-state index contributed by atoms with van der Waals surface area (Å²) in [6, 6.07) is 5.87. The van der Waals surface area contributed by atoms with Gasteiger partial charge in [0.25, 0.3) is 0 Å². The summed E-state index contributed by atoms with van der Waals surface area (Å²) >= 11 is 0. The van der Waals surface area contributed by atoms with Crippen LogP contribution in [0.3, 0.4) is 0 Å². The SMILES string of the molecule is COc1cc(N2CCN(S(C)(=O)=O)CC2)ccc1N1C(N)=NC=C2C=CN(CC(C)(C)C)C(N)=C21. The van der Waals surface area contributed by atoms with Gasteiger partial charge in [0.15, 0.2) is 0 Å². The predicted octanol–water partition coefficient (Wildman–Crippen LogP) is 1.80. The van der Waals surface area contributed by atoms with E-state index in [0.29, 0.717) is 43.7 Å². The molecule has 10 nitrogen and oxygen atoms in total. The Labute approximate surface area is 207 Å². The normalized spacial score (nSPS) is 19.5. The monoisotopic (exact) mass is 501 g/mol. The molecule has 0 atom stereocenters. The van der Waals surface area contributed by atoms with Crippen molar-refractivity contribution in [1.82, 2.24) is 9.21 Å². The number of benzene rings is 1. The highest BCUT2D eigenvalue weighted by molar-refractivity contribution is 7.88. The molecule has 1 aromatic rings. The highest BCUT2D eigenvalue weighted by atomic mass is 32.2. The zero-order valence-electron chi connectivity index (χ0n) is 21.0. The van der Waals surface area contributed by atoms with Gasteiger partial charge in [0.2, 0.25) is 16.0 Å². The Balaban J connectivity index is 1.67. The van der Waals surface area contributed by atoms with Crippen molar-refractivity contribution in [1.29, 1.82) is 0 Å². The van der Waals surface area contributed by atoms with Gasteiger partial charge in [-0.15, -0.1) is 0 Å². The van der Waals surface area contributed by atoms with E-state index < -0.39 is 10.0 Å². The number of aliphatic imine (C=N–C) groups is 1. The fourth-order valence-electron chi connectivity index (χ4n) is 4.49. The highest BCUT2D eigenvalue weighted by Crippen LogP contribution is 2.39. The number of piperazine rings is 1. The third kappa shape index (κ3) is 5.10. The number of nitrogens with two attached hydrogens (primary N) is 2. The molecule has 3 heterocycles. The molecule has 0 amide bonds. The van der Waals surface area contributed by atoms with Crippen molar-refractivity contribution in [2.75, 3.05) is 55.9 Å². The molecule has 1 saturated heterocycles. The third-order valence-corrected chi connectivity index (χ3v) is 7.47. The fourth-order valence-corrected chi connectivity index (χ4v) is 5.31. The number of methoxy groups -OCH3 is 1. The topological polar surface area (TPSA) is 121 Å². The summed E-state index contributed by atoms with van der Waals surface area (Å²) in [4.78, 5) is 10.4. The molecule has 35 heavy (non-hydrogen) atoms. The number of rotatable bonds is 5. The number of sulfonamides is 1. The molecule has 3 aliphatic heterocycles. The van der Waals surface area contributed by atoms with Gasteiger partial charge in [0.05, 0.1) is 24.7 Å². The van der Waals surface area contributed by atoms with E-state index in [4.69, 9.17) is 16.2 Å². The lowest BCUT2D eigenvalue weighted by molar-refractivity contribution is 0.285. The molecule has 0 bridgehead atoms. The summed E-state index contributed by atoms with van der Waals surface area (Å²) in [6.45, 7) is 9.32. The van der Waals surface area contributed by atoms with E-state index in [1.165, 1.54) is 10.6 Å². The van der Waals surface area contributed by atoms with Crippen LogP contribution < -0.4 is 26.0 Å². The minimum atomic E-state index is -3.19. The van der Waals surface area contributed by atoms with Gasteiger partial charge in [-0.3, -0.25) is 4.90 Å². The van der Waals surface area contributed by atoms with Gasteiger partial charge >= 0.3 is 0 Å². The molecule has 1 aromatic carbocycles. The summed E-state index contributed by atoms with van der Waals surface area (Å²) in [5, 5.41) is 0. The van der Waals surface area contributed by atoms with Gasteiger partial charge in [-0.05, 0) is 23.6 Å². The van der Waals surface area contributed by atoms with Gasteiger partial charge in [-0.25, -0.2) is 13.4 Å². The first-order chi connectivity index (χ1) is 16.4. The third-order valence-electron chi connectivity index (χ3n) is 6.17. The van der Waals surface area contributed by atoms with Crippen molar-refractivity contribution in [3.63, 3.8) is 0 Å². The largest absolute Gasteiger partial charge is 0.494 e. The summed E-state index contributed by atoms with van der Waals surface area (Å²) < 4.78 is 31.0. The molecule has 1 fully saturated rings. The molecular weight excluding hydrogens is 466 g/mol. The lowest BCUT2D eigenvalue weighted by Gasteiger charge is -2.38. The minimum absolute atomic E-state index is 0.0380. The van der Waals surface area contributed by atoms with Crippen LogP contribution in [0.15, 0.2) is 58.8 Å². The molecule has 3 aliphatic rings. The number of allylic oxidation sites excluding steroid dienone is 1. The van der Waals surface area contributed by atoms with Gasteiger partial charge in [0, 0.05) is 62.5 Å². The first-order valence-corrected chi connectivity index (χ1v) is 13.4. The first kappa shape index (κ1) is 24.9. The van der Waals surface area contributed by atoms with E-state index in [-0.39, 0.29) is 5.41 Å². The van der Waals surface area contributed by atoms with Crippen LogP contribution in [-0.2, 0) is 10.0 Å². The van der Waals surface area contributed by atoms with Gasteiger partial charge in [0.1, 0.15) is 11.6 Å². The summed E-state index contributed by atoms with van der Waals surface area (Å²) in [6.07, 6.45) is 6.93. The van der Waals surface area contributed by atoms with Crippen LogP contribution in [-0.4, -0.2) is 69.7 Å². The molecule has 0 unspecified atom stereocenters. The van der Waals surface area contributed by atoms with Crippen molar-refractivity contribution >= 4 is 27.4 Å². The zero-order valence-corrected chi connectivity index (χ0v) is 21.8. The Morgan fingerprint density at radius 2 is 1.80 bits per heavy atom. The smallest absolute Gasteiger partial charge is 0.211 e. The fraction of sp³-hybridized carbons (Fsp3) is 0.458. The zero-order chi connectivity index (χ0) is 25.5. The maximum Gasteiger partial charge on any atom is 0.211 e. The lowest BCUT2D eigenvalue weighted by atomic mass is 9.95. The summed E-state index contributed by atoms with van der Waals surface area (Å²) in [5.74, 6) is 1.50. The summed E-state index contributed by atoms with van der Waals surface area (Å²) in [5.41, 5.74) is 16.4. The van der Waals surface area contributed by atoms with Gasteiger partial charge in [-0.1, -0.05) is 20.8 Å². The summed E-state index contributed by atoms with van der Waals surface area (Å²) in [7, 11) is -1.57. The van der Waals surface area contributed by atoms with Crippen LogP contribution in [0.2, 0.25) is 0 Å². The maximum atomic E-state index is 11.9. The highest BCUT2D eigenvalue weighted by Gasteiger charge is 2.32. The van der Waals surface area contributed by atoms with E-state index in [2.05, 4.69) is 30.7 Å². The molecule has 190 valence electrons. The number of hydrogen-bond donors (Lipinski definition) is 2. The Morgan fingerprint density at radius 3 is 2.40 bits per heavy atom. The Bertz CT molecular complexity index is 1220. The number of ether oxygens (including phenoxy) is 1. The van der Waals surface area contributed by atoms with Crippen LogP contribution in [0.25, 0.3) is 0 Å². The Morgan fingerprint density at radius 1 is 1.11 bits per heavy atom. The van der Waals surface area contributed by atoms with Crippen LogP contribution in [0, 0.1) is 5.41 Å². The van der Waals surface area contributed by atoms with Gasteiger partial charge in [-0.2, -0.15) is 4.31 Å². The second kappa shape index (κ2) is 9.12. The number of hydrogen-bond acceptors (Lipinski definition) is 9. The second-order valence-electron chi connectivity index (χ2n) is 10.2. The number of guanidine groups is 1. The average molecular weight is 502 g/mol. The van der Waals surface area contributed by atoms with Crippen molar-refractivity contribution in [3.05, 3.63) is 53.8 Å². The maximum absolute atomic E-state index is 11.9. The Hall–Kier alpha value is -3.18. The van der Waals surface area contributed by atoms with E-state index in [1.807, 2.05) is 40.3 Å². The molecule has 0 aliphatic carbocycles. The number of anilines is 2. The number of fused-ring (bicyclic) bond motifs is 1. The van der Waals surface area contributed by atoms with E-state index >= 15 is 0 Å². The molecule has 4 N–H and O–H groups in total. The van der Waals surface area contributed by atoms with E-state index in [9.17, 15) is 8.42 Å². The van der Waals surface area contributed by atoms with Crippen LogP contribution in [0.4, 0.5) is 11.4 Å². The van der Waals surface area contributed by atoms with Crippen LogP contribution in [0.1, 0.15) is 20.8 Å². The van der Waals surface area contributed by atoms with Crippen LogP contribution >= 0.6 is 0 Å².